The molecule has 4 nitrogen and oxygen atoms in total. The molecule has 0 aliphatic rings. The first-order valence-electron chi connectivity index (χ1n) is 5.64. The van der Waals surface area contributed by atoms with E-state index in [1.54, 1.807) is 0 Å². The van der Waals surface area contributed by atoms with Gasteiger partial charge in [0.05, 0.1) is 13.5 Å². The summed E-state index contributed by atoms with van der Waals surface area (Å²) in [6.07, 6.45) is 1.57. The van der Waals surface area contributed by atoms with Gasteiger partial charge in [-0.2, -0.15) is 0 Å². The molecular weight excluding hydrogens is 206 g/mol. The van der Waals surface area contributed by atoms with Crippen LogP contribution in [0.25, 0.3) is 0 Å². The highest BCUT2D eigenvalue weighted by molar-refractivity contribution is 5.89. The van der Waals surface area contributed by atoms with Crippen LogP contribution in [-0.2, 0) is 14.3 Å². The first-order valence-corrected chi connectivity index (χ1v) is 5.64. The average molecular weight is 229 g/mol. The van der Waals surface area contributed by atoms with E-state index in [1.165, 1.54) is 7.11 Å². The molecule has 0 aliphatic heterocycles. The normalized spacial score (nSPS) is 13.3. The van der Waals surface area contributed by atoms with Crippen LogP contribution < -0.4 is 5.73 Å². The van der Waals surface area contributed by atoms with Crippen molar-refractivity contribution in [2.75, 3.05) is 13.7 Å². The van der Waals surface area contributed by atoms with Crippen molar-refractivity contribution >= 4 is 11.8 Å². The molecule has 0 spiro atoms. The first-order chi connectivity index (χ1) is 7.32. The van der Waals surface area contributed by atoms with Gasteiger partial charge in [0.1, 0.15) is 5.78 Å². The van der Waals surface area contributed by atoms with Gasteiger partial charge in [-0.25, -0.2) is 0 Å². The Labute approximate surface area is 97.5 Å². The van der Waals surface area contributed by atoms with E-state index in [2.05, 4.69) is 4.74 Å². The van der Waals surface area contributed by atoms with Crippen molar-refractivity contribution in [2.45, 2.75) is 40.0 Å². The van der Waals surface area contributed by atoms with E-state index < -0.39 is 5.41 Å². The molecule has 0 amide bonds. The van der Waals surface area contributed by atoms with Gasteiger partial charge in [0.2, 0.25) is 0 Å². The first kappa shape index (κ1) is 15.1. The van der Waals surface area contributed by atoms with Crippen LogP contribution in [0.3, 0.4) is 0 Å². The predicted octanol–water partition coefficient (Wildman–Crippen LogP) is 1.52. The maximum absolute atomic E-state index is 12.1. The Balaban J connectivity index is 4.53. The molecule has 94 valence electrons. The van der Waals surface area contributed by atoms with Crippen molar-refractivity contribution in [1.29, 1.82) is 0 Å². The van der Waals surface area contributed by atoms with Gasteiger partial charge >= 0.3 is 5.97 Å². The lowest BCUT2D eigenvalue weighted by molar-refractivity contribution is -0.145. The second kappa shape index (κ2) is 6.63. The van der Waals surface area contributed by atoms with E-state index in [0.29, 0.717) is 13.0 Å². The molecule has 0 bridgehead atoms. The Morgan fingerprint density at radius 3 is 2.25 bits per heavy atom. The van der Waals surface area contributed by atoms with E-state index in [1.807, 2.05) is 20.8 Å². The lowest BCUT2D eigenvalue weighted by Crippen LogP contribution is -2.30. The zero-order valence-corrected chi connectivity index (χ0v) is 10.7. The third kappa shape index (κ3) is 5.26. The largest absolute Gasteiger partial charge is 0.469 e. The molecule has 2 N–H and O–H groups in total. The second-order valence-corrected chi connectivity index (χ2v) is 5.02. The minimum absolute atomic E-state index is 0.103. The molecule has 0 aromatic carbocycles. The molecular formula is C12H23NO3. The van der Waals surface area contributed by atoms with Crippen molar-refractivity contribution in [3.05, 3.63) is 0 Å². The van der Waals surface area contributed by atoms with Crippen LogP contribution in [0.5, 0.6) is 0 Å². The number of hydrogen-bond donors (Lipinski definition) is 1. The molecule has 0 rings (SSSR count). The molecule has 0 radical (unpaired) electrons. The van der Waals surface area contributed by atoms with Crippen LogP contribution in [0.15, 0.2) is 0 Å². The van der Waals surface area contributed by atoms with E-state index in [0.717, 1.165) is 6.42 Å². The van der Waals surface area contributed by atoms with Crippen LogP contribution >= 0.6 is 0 Å². The van der Waals surface area contributed by atoms with Gasteiger partial charge in [-0.3, -0.25) is 9.59 Å². The summed E-state index contributed by atoms with van der Waals surface area (Å²) in [5, 5.41) is 0. The molecule has 0 saturated heterocycles. The van der Waals surface area contributed by atoms with E-state index in [4.69, 9.17) is 5.73 Å². The number of esters is 1. The lowest BCUT2D eigenvalue weighted by atomic mass is 9.79. The number of nitrogens with two attached hydrogens (primary N) is 1. The standard InChI is InChI=1S/C12H23NO3/c1-12(2,3)11(15)9(6-5-7-13)8-10(14)16-4/h9H,5-8,13H2,1-4H3/t9-/m1/s1. The van der Waals surface area contributed by atoms with Gasteiger partial charge in [0.25, 0.3) is 0 Å². The zero-order chi connectivity index (χ0) is 12.8. The Morgan fingerprint density at radius 2 is 1.88 bits per heavy atom. The number of rotatable bonds is 6. The van der Waals surface area contributed by atoms with Crippen LogP contribution in [0, 0.1) is 11.3 Å². The highest BCUT2D eigenvalue weighted by Gasteiger charge is 2.30. The summed E-state index contributed by atoms with van der Waals surface area (Å²) < 4.78 is 4.60. The van der Waals surface area contributed by atoms with Crippen molar-refractivity contribution in [1.82, 2.24) is 0 Å². The quantitative estimate of drug-likeness (QED) is 0.701. The molecule has 0 saturated carbocycles. The summed E-state index contributed by atoms with van der Waals surface area (Å²) in [5.41, 5.74) is 5.00. The number of methoxy groups -OCH3 is 1. The van der Waals surface area contributed by atoms with Crippen molar-refractivity contribution in [3.63, 3.8) is 0 Å². The summed E-state index contributed by atoms with van der Waals surface area (Å²) in [4.78, 5) is 23.3. The third-order valence-corrected chi connectivity index (χ3v) is 2.51. The van der Waals surface area contributed by atoms with E-state index in [9.17, 15) is 9.59 Å². The number of hydrogen-bond acceptors (Lipinski definition) is 4. The fourth-order valence-corrected chi connectivity index (χ4v) is 1.59. The second-order valence-electron chi connectivity index (χ2n) is 5.02. The van der Waals surface area contributed by atoms with E-state index in [-0.39, 0.29) is 24.1 Å². The van der Waals surface area contributed by atoms with Crippen LogP contribution in [-0.4, -0.2) is 25.4 Å². The lowest BCUT2D eigenvalue weighted by Gasteiger charge is -2.23. The number of carbonyl (C=O) groups excluding carboxylic acids is 2. The fourth-order valence-electron chi connectivity index (χ4n) is 1.59. The van der Waals surface area contributed by atoms with Crippen LogP contribution in [0.1, 0.15) is 40.0 Å². The maximum atomic E-state index is 12.1. The molecule has 0 unspecified atom stereocenters. The molecule has 0 heterocycles. The minimum atomic E-state index is -0.423. The van der Waals surface area contributed by atoms with Gasteiger partial charge in [0, 0.05) is 11.3 Å². The average Bonchev–Trinajstić information content (AvgIpc) is 2.21. The molecule has 1 atom stereocenters. The smallest absolute Gasteiger partial charge is 0.306 e. The Hall–Kier alpha value is -0.900. The third-order valence-electron chi connectivity index (χ3n) is 2.51. The fraction of sp³-hybridized carbons (Fsp3) is 0.833. The Bertz CT molecular complexity index is 243. The topological polar surface area (TPSA) is 69.4 Å². The van der Waals surface area contributed by atoms with E-state index >= 15 is 0 Å². The molecule has 0 aromatic heterocycles. The molecule has 0 aromatic rings. The highest BCUT2D eigenvalue weighted by Crippen LogP contribution is 2.25. The molecule has 0 fully saturated rings. The molecule has 0 aliphatic carbocycles. The summed E-state index contributed by atoms with van der Waals surface area (Å²) in [6.45, 7) is 6.13. The van der Waals surface area contributed by atoms with Gasteiger partial charge < -0.3 is 10.5 Å². The Kier molecular flexibility index (Phi) is 6.26. The monoisotopic (exact) mass is 229 g/mol. The number of Topliss-reactive ketones (excluding diaryl/α,β-unsaturated/α-hetero) is 1. The zero-order valence-electron chi connectivity index (χ0n) is 10.7. The predicted molar refractivity (Wildman–Crippen MR) is 62.9 cm³/mol. The molecule has 4 heteroatoms. The van der Waals surface area contributed by atoms with Gasteiger partial charge in [-0.05, 0) is 19.4 Å². The maximum Gasteiger partial charge on any atom is 0.306 e. The summed E-state index contributed by atoms with van der Waals surface area (Å²) in [5.74, 6) is -0.498. The summed E-state index contributed by atoms with van der Waals surface area (Å²) in [6, 6.07) is 0. The number of carbonyl (C=O) groups is 2. The van der Waals surface area contributed by atoms with Crippen LogP contribution in [0.2, 0.25) is 0 Å². The SMILES string of the molecule is COC(=O)C[C@@H](CCCN)C(=O)C(C)(C)C. The highest BCUT2D eigenvalue weighted by atomic mass is 16.5. The van der Waals surface area contributed by atoms with Gasteiger partial charge in [-0.15, -0.1) is 0 Å². The van der Waals surface area contributed by atoms with Gasteiger partial charge in [-0.1, -0.05) is 20.8 Å². The van der Waals surface area contributed by atoms with Crippen molar-refractivity contribution in [2.24, 2.45) is 17.1 Å². The number of ether oxygens (including phenoxy) is 1. The van der Waals surface area contributed by atoms with Crippen LogP contribution in [0.4, 0.5) is 0 Å². The number of ketones is 1. The van der Waals surface area contributed by atoms with Crippen molar-refractivity contribution < 1.29 is 14.3 Å². The van der Waals surface area contributed by atoms with Gasteiger partial charge in [0.15, 0.2) is 0 Å². The summed E-state index contributed by atoms with van der Waals surface area (Å²) >= 11 is 0. The Morgan fingerprint density at radius 1 is 1.31 bits per heavy atom. The summed E-state index contributed by atoms with van der Waals surface area (Å²) in [7, 11) is 1.34. The molecule has 16 heavy (non-hydrogen) atoms. The van der Waals surface area contributed by atoms with Crippen molar-refractivity contribution in [3.8, 4) is 0 Å². The minimum Gasteiger partial charge on any atom is -0.469 e.